The van der Waals surface area contributed by atoms with Crippen LogP contribution in [0.5, 0.6) is 0 Å². The second-order valence-corrected chi connectivity index (χ2v) is 9.30. The Hall–Kier alpha value is -3.32. The first-order valence-corrected chi connectivity index (χ1v) is 11.2. The van der Waals surface area contributed by atoms with Crippen molar-refractivity contribution in [3.63, 3.8) is 0 Å². The molecule has 0 aliphatic rings. The summed E-state index contributed by atoms with van der Waals surface area (Å²) in [6.45, 7) is 1.89. The van der Waals surface area contributed by atoms with Crippen LogP contribution in [-0.2, 0) is 15.6 Å². The largest absolute Gasteiger partial charge is 0.355 e. The fraction of sp³-hybridized carbons (Fsp3) is 0.136. The van der Waals surface area contributed by atoms with Crippen LogP contribution in [0.2, 0.25) is 0 Å². The Morgan fingerprint density at radius 3 is 2.55 bits per heavy atom. The van der Waals surface area contributed by atoms with E-state index in [0.717, 1.165) is 28.2 Å². The minimum absolute atomic E-state index is 0.0471. The summed E-state index contributed by atoms with van der Waals surface area (Å²) < 4.78 is 25.5. The molecule has 4 rings (SSSR count). The number of benzene rings is 2. The summed E-state index contributed by atoms with van der Waals surface area (Å²) in [5.41, 5.74) is 5.33. The van der Waals surface area contributed by atoms with E-state index in [0.29, 0.717) is 11.1 Å². The molecule has 0 aliphatic carbocycles. The molecule has 0 aliphatic heterocycles. The van der Waals surface area contributed by atoms with Crippen LogP contribution in [0.1, 0.15) is 11.1 Å². The van der Waals surface area contributed by atoms with Gasteiger partial charge in [0.15, 0.2) is 9.84 Å². The molecule has 0 amide bonds. The highest BCUT2D eigenvalue weighted by atomic mass is 32.2. The second kappa shape index (κ2) is 7.25. The van der Waals surface area contributed by atoms with E-state index in [1.807, 2.05) is 65.9 Å². The Morgan fingerprint density at radius 2 is 1.83 bits per heavy atom. The summed E-state index contributed by atoms with van der Waals surface area (Å²) in [4.78, 5) is 15.0. The standard InChI is InChI=1S/C22H21N3O3S/c1-15-12-20(25-11-10-23-22(26)21(15)25)18-13-16(14-29(2,27)28)8-9-19(18)24-17-6-4-3-5-7-17/h3-13,24H,14H2,1-2H3,(H,23,26). The molecular weight excluding hydrogens is 386 g/mol. The first-order chi connectivity index (χ1) is 13.8. The molecule has 0 atom stereocenters. The van der Waals surface area contributed by atoms with Gasteiger partial charge in [0, 0.05) is 35.6 Å². The van der Waals surface area contributed by atoms with Crippen LogP contribution in [0.25, 0.3) is 16.8 Å². The van der Waals surface area contributed by atoms with Crippen LogP contribution in [0, 0.1) is 6.92 Å². The van der Waals surface area contributed by atoms with Gasteiger partial charge in [-0.25, -0.2) is 8.42 Å². The summed E-state index contributed by atoms with van der Waals surface area (Å²) in [6.07, 6.45) is 4.62. The van der Waals surface area contributed by atoms with Crippen molar-refractivity contribution < 1.29 is 8.42 Å². The average Bonchev–Trinajstić information content (AvgIpc) is 3.00. The Morgan fingerprint density at radius 1 is 1.07 bits per heavy atom. The maximum Gasteiger partial charge on any atom is 0.272 e. The van der Waals surface area contributed by atoms with Crippen molar-refractivity contribution in [2.24, 2.45) is 0 Å². The zero-order chi connectivity index (χ0) is 20.6. The van der Waals surface area contributed by atoms with Crippen LogP contribution >= 0.6 is 0 Å². The number of nitrogens with one attached hydrogen (secondary N) is 2. The third-order valence-corrected chi connectivity index (χ3v) is 5.58. The zero-order valence-corrected chi connectivity index (χ0v) is 17.0. The lowest BCUT2D eigenvalue weighted by atomic mass is 10.1. The molecule has 2 aromatic heterocycles. The molecule has 29 heavy (non-hydrogen) atoms. The molecule has 0 fully saturated rings. The van der Waals surface area contributed by atoms with E-state index >= 15 is 0 Å². The van der Waals surface area contributed by atoms with E-state index in [1.54, 1.807) is 12.4 Å². The number of para-hydroxylation sites is 1. The molecule has 2 aromatic carbocycles. The molecule has 0 spiro atoms. The number of rotatable bonds is 5. The Bertz CT molecular complexity index is 1350. The summed E-state index contributed by atoms with van der Waals surface area (Å²) >= 11 is 0. The van der Waals surface area contributed by atoms with Gasteiger partial charge in [-0.05, 0) is 48.4 Å². The number of aryl methyl sites for hydroxylation is 1. The third-order valence-electron chi connectivity index (χ3n) is 4.72. The summed E-state index contributed by atoms with van der Waals surface area (Å²) in [5, 5.41) is 3.40. The van der Waals surface area contributed by atoms with Crippen molar-refractivity contribution in [3.05, 3.63) is 88.5 Å². The zero-order valence-electron chi connectivity index (χ0n) is 16.1. The molecule has 0 bridgehead atoms. The number of sulfone groups is 1. The summed E-state index contributed by atoms with van der Waals surface area (Å²) in [5.74, 6) is -0.0471. The van der Waals surface area contributed by atoms with Crippen molar-refractivity contribution in [1.29, 1.82) is 0 Å². The van der Waals surface area contributed by atoms with E-state index < -0.39 is 9.84 Å². The first kappa shape index (κ1) is 19.0. The highest BCUT2D eigenvalue weighted by molar-refractivity contribution is 7.89. The van der Waals surface area contributed by atoms with Crippen LogP contribution in [-0.4, -0.2) is 24.1 Å². The van der Waals surface area contributed by atoms with Gasteiger partial charge in [-0.2, -0.15) is 0 Å². The van der Waals surface area contributed by atoms with Crippen LogP contribution in [0.4, 0.5) is 11.4 Å². The van der Waals surface area contributed by atoms with Crippen LogP contribution in [0.3, 0.4) is 0 Å². The number of hydrogen-bond donors (Lipinski definition) is 2. The molecule has 0 unspecified atom stereocenters. The SMILES string of the molecule is Cc1cc(-c2cc(CS(C)(=O)=O)ccc2Nc2ccccc2)n2cc[nH]c(=O)c12. The quantitative estimate of drug-likeness (QED) is 0.526. The highest BCUT2D eigenvalue weighted by Crippen LogP contribution is 2.33. The average molecular weight is 407 g/mol. The summed E-state index contributed by atoms with van der Waals surface area (Å²) in [6, 6.07) is 17.2. The van der Waals surface area contributed by atoms with Crippen LogP contribution < -0.4 is 10.9 Å². The fourth-order valence-electron chi connectivity index (χ4n) is 3.54. The van der Waals surface area contributed by atoms with Gasteiger partial charge in [0.2, 0.25) is 0 Å². The number of hydrogen-bond acceptors (Lipinski definition) is 4. The van der Waals surface area contributed by atoms with E-state index in [9.17, 15) is 13.2 Å². The Labute approximate surface area is 168 Å². The van der Waals surface area contributed by atoms with Gasteiger partial charge >= 0.3 is 0 Å². The topological polar surface area (TPSA) is 83.4 Å². The third kappa shape index (κ3) is 3.95. The minimum atomic E-state index is -3.17. The van der Waals surface area contributed by atoms with Crippen molar-refractivity contribution >= 4 is 26.7 Å². The molecule has 148 valence electrons. The number of aromatic nitrogens is 2. The van der Waals surface area contributed by atoms with E-state index in [4.69, 9.17) is 0 Å². The van der Waals surface area contributed by atoms with Gasteiger partial charge in [0.1, 0.15) is 5.52 Å². The second-order valence-electron chi connectivity index (χ2n) is 7.16. The van der Waals surface area contributed by atoms with Gasteiger partial charge in [-0.1, -0.05) is 24.3 Å². The van der Waals surface area contributed by atoms with Crippen LogP contribution in [0.15, 0.2) is 71.8 Å². The molecule has 7 heteroatoms. The van der Waals surface area contributed by atoms with Crippen molar-refractivity contribution in [1.82, 2.24) is 9.38 Å². The maximum absolute atomic E-state index is 12.3. The van der Waals surface area contributed by atoms with Crippen molar-refractivity contribution in [3.8, 4) is 11.3 Å². The minimum Gasteiger partial charge on any atom is -0.355 e. The van der Waals surface area contributed by atoms with Gasteiger partial charge in [0.05, 0.1) is 11.4 Å². The maximum atomic E-state index is 12.3. The first-order valence-electron chi connectivity index (χ1n) is 9.14. The van der Waals surface area contributed by atoms with Gasteiger partial charge in [0.25, 0.3) is 5.56 Å². The number of nitrogens with zero attached hydrogens (tertiary/aromatic N) is 1. The normalized spacial score (nSPS) is 11.7. The molecule has 4 aromatic rings. The molecule has 2 N–H and O–H groups in total. The number of fused-ring (bicyclic) bond motifs is 1. The number of anilines is 2. The lowest BCUT2D eigenvalue weighted by molar-refractivity contribution is 0.601. The van der Waals surface area contributed by atoms with E-state index in [2.05, 4.69) is 10.3 Å². The lowest BCUT2D eigenvalue weighted by Gasteiger charge is -2.14. The highest BCUT2D eigenvalue weighted by Gasteiger charge is 2.16. The fourth-order valence-corrected chi connectivity index (χ4v) is 4.33. The van der Waals surface area contributed by atoms with Gasteiger partial charge in [-0.3, -0.25) is 4.79 Å². The molecule has 0 saturated carbocycles. The number of H-pyrrole nitrogens is 1. The number of aromatic amines is 1. The molecule has 0 radical (unpaired) electrons. The van der Waals surface area contributed by atoms with Gasteiger partial charge in [-0.15, -0.1) is 0 Å². The lowest BCUT2D eigenvalue weighted by Crippen LogP contribution is -2.09. The molecule has 0 saturated heterocycles. The monoisotopic (exact) mass is 407 g/mol. The smallest absolute Gasteiger partial charge is 0.272 e. The molecule has 6 nitrogen and oxygen atoms in total. The molecule has 2 heterocycles. The van der Waals surface area contributed by atoms with E-state index in [-0.39, 0.29) is 11.3 Å². The Kier molecular flexibility index (Phi) is 4.76. The molecular formula is C22H21N3O3S. The van der Waals surface area contributed by atoms with Crippen molar-refractivity contribution in [2.75, 3.05) is 11.6 Å². The predicted octanol–water partition coefficient (Wildman–Crippen LogP) is 3.89. The predicted molar refractivity (Wildman–Crippen MR) is 116 cm³/mol. The Balaban J connectivity index is 1.93. The summed E-state index contributed by atoms with van der Waals surface area (Å²) in [7, 11) is -3.17. The van der Waals surface area contributed by atoms with Gasteiger partial charge < -0.3 is 14.7 Å². The van der Waals surface area contributed by atoms with E-state index in [1.165, 1.54) is 6.26 Å². The van der Waals surface area contributed by atoms with Crippen molar-refractivity contribution in [2.45, 2.75) is 12.7 Å².